The topological polar surface area (TPSA) is 72.3 Å². The fourth-order valence-electron chi connectivity index (χ4n) is 5.87. The van der Waals surface area contributed by atoms with Gasteiger partial charge in [0, 0.05) is 48.9 Å². The molecule has 0 atom stereocenters. The van der Waals surface area contributed by atoms with Gasteiger partial charge in [0.2, 0.25) is 5.52 Å². The van der Waals surface area contributed by atoms with E-state index in [9.17, 15) is 0 Å². The van der Waals surface area contributed by atoms with E-state index in [0.717, 1.165) is 56.9 Å². The lowest BCUT2D eigenvalue weighted by atomic mass is 9.97. The van der Waals surface area contributed by atoms with Crippen LogP contribution in [0.15, 0.2) is 84.7 Å². The Balaban J connectivity index is 1.38. The predicted octanol–water partition coefficient (Wildman–Crippen LogP) is 6.25. The summed E-state index contributed by atoms with van der Waals surface area (Å²) < 4.78 is 3.88. The van der Waals surface area contributed by atoms with Crippen molar-refractivity contribution in [3.8, 4) is 0 Å². The van der Waals surface area contributed by atoms with Crippen molar-refractivity contribution in [1.29, 1.82) is 5.41 Å². The van der Waals surface area contributed by atoms with Gasteiger partial charge in [0.15, 0.2) is 12.5 Å². The third-order valence-corrected chi connectivity index (χ3v) is 8.79. The van der Waals surface area contributed by atoms with Gasteiger partial charge in [-0.2, -0.15) is 4.57 Å². The van der Waals surface area contributed by atoms with Crippen molar-refractivity contribution in [2.45, 2.75) is 39.2 Å². The highest BCUT2D eigenvalue weighted by molar-refractivity contribution is 7.19. The highest BCUT2D eigenvalue weighted by atomic mass is 32.1. The number of hydrogen-bond acceptors (Lipinski definition) is 4. The quantitative estimate of drug-likeness (QED) is 0.0998. The van der Waals surface area contributed by atoms with Crippen molar-refractivity contribution in [2.24, 2.45) is 5.73 Å². The van der Waals surface area contributed by atoms with Crippen molar-refractivity contribution < 1.29 is 4.57 Å². The fraction of sp³-hybridized carbons (Fsp3) is 0.273. The molecule has 0 fully saturated rings. The number of aryl methyl sites for hydroxylation is 2. The number of rotatable bonds is 9. The number of guanidine groups is 1. The normalized spacial score (nSPS) is 15.2. The van der Waals surface area contributed by atoms with E-state index >= 15 is 0 Å². The van der Waals surface area contributed by atoms with Gasteiger partial charge in [0.25, 0.3) is 5.01 Å². The number of nitrogens with two attached hydrogens (primary N) is 1. The van der Waals surface area contributed by atoms with Crippen molar-refractivity contribution in [3.63, 3.8) is 0 Å². The Bertz CT molecular complexity index is 1590. The van der Waals surface area contributed by atoms with Crippen LogP contribution in [0.3, 0.4) is 0 Å². The van der Waals surface area contributed by atoms with Crippen LogP contribution in [0.1, 0.15) is 42.3 Å². The first-order valence-electron chi connectivity index (χ1n) is 14.3. The summed E-state index contributed by atoms with van der Waals surface area (Å²) in [5.41, 5.74) is 13.4. The molecule has 0 saturated carbocycles. The molecular formula is C33H37N6S+. The van der Waals surface area contributed by atoms with Gasteiger partial charge in [-0.25, -0.2) is 0 Å². The smallest absolute Gasteiger partial charge is 0.263 e. The van der Waals surface area contributed by atoms with Crippen LogP contribution < -0.4 is 20.5 Å². The number of hydrogen-bond donors (Lipinski definition) is 3. The van der Waals surface area contributed by atoms with E-state index in [0.29, 0.717) is 0 Å². The molecule has 0 bridgehead atoms. The minimum absolute atomic E-state index is 0.150. The fourth-order valence-corrected chi connectivity index (χ4v) is 7.06. The van der Waals surface area contributed by atoms with Gasteiger partial charge < -0.3 is 16.0 Å². The van der Waals surface area contributed by atoms with E-state index in [1.807, 2.05) is 16.2 Å². The maximum Gasteiger partial charge on any atom is 0.263 e. The Hall–Kier alpha value is -4.10. The summed E-state index contributed by atoms with van der Waals surface area (Å²) in [6.45, 7) is 5.54. The summed E-state index contributed by atoms with van der Waals surface area (Å²) in [4.78, 5) is 4.27. The molecular weight excluding hydrogens is 512 g/mol. The van der Waals surface area contributed by atoms with Crippen LogP contribution in [-0.2, 0) is 13.0 Å². The molecule has 3 aromatic carbocycles. The lowest BCUT2D eigenvalue weighted by Gasteiger charge is -2.34. The number of nitrogens with zero attached hydrogens (tertiary/aromatic N) is 3. The number of para-hydroxylation sites is 3. The van der Waals surface area contributed by atoms with Crippen LogP contribution in [0, 0.1) is 5.41 Å². The number of fused-ring (bicyclic) bond motifs is 1. The minimum atomic E-state index is 0.150. The molecule has 7 heteroatoms. The van der Waals surface area contributed by atoms with Gasteiger partial charge in [-0.1, -0.05) is 66.8 Å². The van der Waals surface area contributed by atoms with Crippen LogP contribution in [0.5, 0.6) is 0 Å². The van der Waals surface area contributed by atoms with Gasteiger partial charge in [0.1, 0.15) is 10.5 Å². The highest BCUT2D eigenvalue weighted by Gasteiger charge is 2.28. The summed E-state index contributed by atoms with van der Waals surface area (Å²) in [6, 6.07) is 26.0. The van der Waals surface area contributed by atoms with E-state index in [-0.39, 0.29) is 5.96 Å². The molecule has 2 aliphatic rings. The SMILES string of the molecule is CCCN(CCCNC1=CC(=Cc2sc3cccc4c3[n+]2CCC4)c2ccccc2N1c1ccccc1)C(=N)N. The summed E-state index contributed by atoms with van der Waals surface area (Å²) in [5, 5.41) is 12.9. The van der Waals surface area contributed by atoms with E-state index in [2.05, 4.69) is 107 Å². The van der Waals surface area contributed by atoms with Crippen LogP contribution in [0.4, 0.5) is 11.4 Å². The van der Waals surface area contributed by atoms with Gasteiger partial charge in [-0.05, 0) is 55.2 Å². The lowest BCUT2D eigenvalue weighted by Crippen LogP contribution is -2.39. The number of allylic oxidation sites excluding steroid dienone is 2. The number of benzene rings is 3. The van der Waals surface area contributed by atoms with Gasteiger partial charge >= 0.3 is 0 Å². The molecule has 0 radical (unpaired) electrons. The molecule has 3 heterocycles. The van der Waals surface area contributed by atoms with Gasteiger partial charge in [0.05, 0.1) is 5.69 Å². The lowest BCUT2D eigenvalue weighted by molar-refractivity contribution is -0.671. The molecule has 40 heavy (non-hydrogen) atoms. The van der Waals surface area contributed by atoms with E-state index in [4.69, 9.17) is 11.1 Å². The van der Waals surface area contributed by atoms with Crippen molar-refractivity contribution in [3.05, 3.63) is 101 Å². The first-order chi connectivity index (χ1) is 19.6. The standard InChI is InChI=1S/C33H36N6S/c1-2-19-37(33(34)35)20-10-18-36-30-22-25(23-31-38-21-9-12-24-11-8-17-29(40-31)32(24)38)27-15-6-7-16-28(27)39(30)26-13-4-3-5-14-26/h3-8,11,13-17,22-23H,2,9-10,12,18-21H2,1H3,(H3,34,35)/p+1. The Labute approximate surface area is 240 Å². The first-order valence-corrected chi connectivity index (χ1v) is 15.1. The zero-order valence-electron chi connectivity index (χ0n) is 23.1. The number of anilines is 2. The zero-order valence-corrected chi connectivity index (χ0v) is 23.9. The summed E-state index contributed by atoms with van der Waals surface area (Å²) >= 11 is 1.89. The van der Waals surface area contributed by atoms with Crippen molar-refractivity contribution in [1.82, 2.24) is 10.2 Å². The Kier molecular flexibility index (Phi) is 7.55. The largest absolute Gasteiger partial charge is 0.371 e. The van der Waals surface area contributed by atoms with Crippen LogP contribution in [0.2, 0.25) is 0 Å². The van der Waals surface area contributed by atoms with Crippen LogP contribution >= 0.6 is 11.3 Å². The second-order valence-electron chi connectivity index (χ2n) is 10.4. The maximum absolute atomic E-state index is 7.89. The molecule has 0 unspecified atom stereocenters. The Morgan fingerprint density at radius 2 is 1.90 bits per heavy atom. The van der Waals surface area contributed by atoms with Crippen molar-refractivity contribution in [2.75, 3.05) is 24.5 Å². The monoisotopic (exact) mass is 549 g/mol. The average Bonchev–Trinajstić information content (AvgIpc) is 3.34. The molecule has 6 rings (SSSR count). The maximum atomic E-state index is 7.89. The van der Waals surface area contributed by atoms with Gasteiger partial charge in [-0.3, -0.25) is 10.3 Å². The number of aromatic nitrogens is 1. The third-order valence-electron chi connectivity index (χ3n) is 7.69. The van der Waals surface area contributed by atoms with Crippen molar-refractivity contribution >= 4 is 50.5 Å². The molecule has 4 aromatic rings. The summed E-state index contributed by atoms with van der Waals surface area (Å²) in [7, 11) is 0. The average molecular weight is 550 g/mol. The molecule has 1 aromatic heterocycles. The second kappa shape index (κ2) is 11.6. The molecule has 204 valence electrons. The molecule has 0 saturated heterocycles. The molecule has 2 aliphatic heterocycles. The number of nitrogens with one attached hydrogen (secondary N) is 2. The van der Waals surface area contributed by atoms with E-state index in [1.54, 1.807) is 0 Å². The first kappa shape index (κ1) is 26.1. The molecule has 4 N–H and O–H groups in total. The second-order valence-corrected chi connectivity index (χ2v) is 11.5. The predicted molar refractivity (Wildman–Crippen MR) is 168 cm³/mol. The minimum Gasteiger partial charge on any atom is -0.371 e. The number of thiazole rings is 1. The third kappa shape index (κ3) is 5.09. The molecule has 0 aliphatic carbocycles. The summed E-state index contributed by atoms with van der Waals surface area (Å²) in [6.07, 6.45) is 8.88. The Morgan fingerprint density at radius 1 is 1.07 bits per heavy atom. The van der Waals surface area contributed by atoms with Crippen LogP contribution in [0.25, 0.3) is 21.9 Å². The highest BCUT2D eigenvalue weighted by Crippen LogP contribution is 2.41. The van der Waals surface area contributed by atoms with Crippen LogP contribution in [-0.4, -0.2) is 30.5 Å². The molecule has 0 spiro atoms. The van der Waals surface area contributed by atoms with E-state index in [1.165, 1.54) is 44.0 Å². The summed E-state index contributed by atoms with van der Waals surface area (Å²) in [5.74, 6) is 1.21. The Morgan fingerprint density at radius 3 is 2.73 bits per heavy atom. The van der Waals surface area contributed by atoms with Gasteiger partial charge in [-0.15, -0.1) is 0 Å². The zero-order chi connectivity index (χ0) is 27.5. The molecule has 6 nitrogen and oxygen atoms in total. The van der Waals surface area contributed by atoms with E-state index < -0.39 is 0 Å². The molecule has 0 amide bonds.